The average molecular weight is 371 g/mol. The van der Waals surface area contributed by atoms with E-state index in [9.17, 15) is 0 Å². The summed E-state index contributed by atoms with van der Waals surface area (Å²) in [4.78, 5) is 0. The Balaban J connectivity index is 0.000000317. The summed E-state index contributed by atoms with van der Waals surface area (Å²) < 4.78 is 0. The average Bonchev–Trinajstić information content (AvgIpc) is 2.61. The fourth-order valence-electron chi connectivity index (χ4n) is 1.53. The molecule has 1 aromatic carbocycles. The molecule has 1 aliphatic rings. The number of hydrogen-bond acceptors (Lipinski definition) is 1. The van der Waals surface area contributed by atoms with Crippen LogP contribution in [0.5, 0.6) is 0 Å². The minimum atomic E-state index is -2.13. The van der Waals surface area contributed by atoms with Gasteiger partial charge >= 0.3 is 43.7 Å². The molecule has 1 aromatic rings. The van der Waals surface area contributed by atoms with Gasteiger partial charge in [-0.2, -0.15) is 10.5 Å². The van der Waals surface area contributed by atoms with Crippen LogP contribution in [0.15, 0.2) is 23.3 Å². The molecule has 17 heavy (non-hydrogen) atoms. The number of hydrogen-bond donors (Lipinski definition) is 0. The van der Waals surface area contributed by atoms with Crippen LogP contribution < -0.4 is 5.43 Å². The van der Waals surface area contributed by atoms with Crippen LogP contribution in [0, 0.1) is 0 Å². The second-order valence-electron chi connectivity index (χ2n) is 4.55. The molecule has 2 rings (SSSR count). The Morgan fingerprint density at radius 1 is 1.12 bits per heavy atom. The molecule has 0 fully saturated rings. The van der Waals surface area contributed by atoms with Gasteiger partial charge in [-0.1, -0.05) is 39.0 Å². The maximum absolute atomic E-state index is 5.00. The monoisotopic (exact) mass is 368 g/mol. The van der Waals surface area contributed by atoms with Crippen molar-refractivity contribution in [3.63, 3.8) is 0 Å². The van der Waals surface area contributed by atoms with E-state index in [0.29, 0.717) is 0 Å². The minimum absolute atomic E-state index is 0.141. The summed E-state index contributed by atoms with van der Waals surface area (Å²) in [6, 6.07) is 6.23. The molecule has 1 heterocycles. The first-order chi connectivity index (χ1) is 7.82. The van der Waals surface area contributed by atoms with Crippen molar-refractivity contribution in [3.8, 4) is 0 Å². The summed E-state index contributed by atoms with van der Waals surface area (Å²) in [6.07, 6.45) is 1.81. The van der Waals surface area contributed by atoms with Crippen molar-refractivity contribution in [1.82, 2.24) is 5.43 Å². The van der Waals surface area contributed by atoms with E-state index in [2.05, 4.69) is 43.4 Å². The van der Waals surface area contributed by atoms with E-state index >= 15 is 0 Å². The zero-order valence-electron chi connectivity index (χ0n) is 9.84. The van der Waals surface area contributed by atoms with E-state index in [1.807, 2.05) is 12.3 Å². The number of benzene rings is 1. The van der Waals surface area contributed by atoms with Gasteiger partial charge in [-0.05, 0) is 11.0 Å². The van der Waals surface area contributed by atoms with E-state index in [1.54, 1.807) is 0 Å². The third kappa shape index (κ3) is 4.91. The number of halogens is 3. The third-order valence-electron chi connectivity index (χ3n) is 2.23. The summed E-state index contributed by atoms with van der Waals surface area (Å²) in [6.45, 7) is 6.57. The van der Waals surface area contributed by atoms with Crippen molar-refractivity contribution < 1.29 is 18.2 Å². The number of fused-ring (bicyclic) bond motifs is 1. The molecule has 1 radical (unpaired) electrons. The van der Waals surface area contributed by atoms with Gasteiger partial charge in [0.05, 0.1) is 11.9 Å². The van der Waals surface area contributed by atoms with Crippen LogP contribution in [0.2, 0.25) is 0 Å². The first-order valence-electron chi connectivity index (χ1n) is 5.03. The van der Waals surface area contributed by atoms with Crippen LogP contribution in [-0.4, -0.2) is 6.21 Å². The van der Waals surface area contributed by atoms with Gasteiger partial charge in [-0.15, -0.1) is 0 Å². The molecule has 0 spiro atoms. The van der Waals surface area contributed by atoms with Gasteiger partial charge in [0.15, 0.2) is 0 Å². The van der Waals surface area contributed by atoms with E-state index in [0.717, 1.165) is 11.3 Å². The fraction of sp³-hybridized carbons (Fsp3) is 0.364. The van der Waals surface area contributed by atoms with Gasteiger partial charge in [-0.25, -0.2) is 0 Å². The van der Waals surface area contributed by atoms with Crippen molar-refractivity contribution >= 4 is 37.4 Å². The second kappa shape index (κ2) is 6.56. The SMILES string of the molecule is CC(C)(C)c1cccc2c1[N]N=C2.[Cl][Zr]([Cl])[Cl]. The molecule has 0 amide bonds. The predicted molar refractivity (Wildman–Crippen MR) is 72.1 cm³/mol. The van der Waals surface area contributed by atoms with Crippen molar-refractivity contribution in [1.29, 1.82) is 0 Å². The van der Waals surface area contributed by atoms with Crippen molar-refractivity contribution in [3.05, 3.63) is 29.3 Å². The van der Waals surface area contributed by atoms with E-state index in [1.165, 1.54) is 5.56 Å². The molecule has 2 nitrogen and oxygen atoms in total. The first kappa shape index (κ1) is 15.5. The van der Waals surface area contributed by atoms with Crippen LogP contribution in [-0.2, 0) is 23.6 Å². The molecule has 0 saturated carbocycles. The van der Waals surface area contributed by atoms with Gasteiger partial charge in [0.1, 0.15) is 0 Å². The molecule has 0 unspecified atom stereocenters. The van der Waals surface area contributed by atoms with E-state index < -0.39 is 18.2 Å². The maximum atomic E-state index is 5.00. The molecule has 0 atom stereocenters. The van der Waals surface area contributed by atoms with E-state index in [-0.39, 0.29) is 5.41 Å². The van der Waals surface area contributed by atoms with Gasteiger partial charge in [0.2, 0.25) is 0 Å². The Kier molecular flexibility index (Phi) is 5.98. The normalized spacial score (nSPS) is 12.4. The molecule has 0 N–H and O–H groups in total. The zero-order valence-corrected chi connectivity index (χ0v) is 14.6. The van der Waals surface area contributed by atoms with E-state index in [4.69, 9.17) is 25.5 Å². The van der Waals surface area contributed by atoms with Gasteiger partial charge in [0, 0.05) is 5.56 Å². The molecule has 0 bridgehead atoms. The van der Waals surface area contributed by atoms with Gasteiger partial charge in [-0.3, -0.25) is 0 Å². The molecule has 1 aliphatic heterocycles. The Hall–Kier alpha value is 0.443. The molecule has 92 valence electrons. The third-order valence-corrected chi connectivity index (χ3v) is 2.23. The topological polar surface area (TPSA) is 26.5 Å². The Labute approximate surface area is 121 Å². The second-order valence-corrected chi connectivity index (χ2v) is 15.7. The molecule has 0 aliphatic carbocycles. The molecular weight excluding hydrogens is 358 g/mol. The standard InChI is InChI=1S/C11H13N2.3ClH.Zr/c1-11(2,3)9-6-4-5-8-7-12-13-10(8)9;;;;/h4-7H,1-3H3;3*1H;/q;;;;+3/p-3. The number of nitrogens with zero attached hydrogens (tertiary/aromatic N) is 2. The summed E-state index contributed by atoms with van der Waals surface area (Å²) >= 11 is -2.13. The fourth-order valence-corrected chi connectivity index (χ4v) is 1.53. The molecule has 6 heteroatoms. The molecule has 0 saturated heterocycles. The Morgan fingerprint density at radius 3 is 2.24 bits per heavy atom. The quantitative estimate of drug-likeness (QED) is 0.636. The van der Waals surface area contributed by atoms with Crippen LogP contribution >= 0.6 is 25.5 Å². The van der Waals surface area contributed by atoms with Crippen LogP contribution in [0.1, 0.15) is 31.9 Å². The van der Waals surface area contributed by atoms with Gasteiger partial charge < -0.3 is 0 Å². The Morgan fingerprint density at radius 2 is 1.71 bits per heavy atom. The zero-order chi connectivity index (χ0) is 13.1. The molecule has 0 aromatic heterocycles. The van der Waals surface area contributed by atoms with Crippen molar-refractivity contribution in [2.75, 3.05) is 0 Å². The van der Waals surface area contributed by atoms with Crippen LogP contribution in [0.25, 0.3) is 0 Å². The first-order valence-corrected chi connectivity index (χ1v) is 14.5. The summed E-state index contributed by atoms with van der Waals surface area (Å²) in [5.74, 6) is 0. The van der Waals surface area contributed by atoms with Crippen LogP contribution in [0.4, 0.5) is 5.69 Å². The summed E-state index contributed by atoms with van der Waals surface area (Å²) in [5, 5.41) is 3.93. The summed E-state index contributed by atoms with van der Waals surface area (Å²) in [7, 11) is 15.0. The molecular formula is C11H13Cl3N2Zr. The number of rotatable bonds is 0. The summed E-state index contributed by atoms with van der Waals surface area (Å²) in [5.41, 5.74) is 7.71. The van der Waals surface area contributed by atoms with Crippen molar-refractivity contribution in [2.24, 2.45) is 5.10 Å². The predicted octanol–water partition coefficient (Wildman–Crippen LogP) is 4.63. The van der Waals surface area contributed by atoms with Crippen LogP contribution in [0.3, 0.4) is 0 Å². The Bertz CT molecular complexity index is 411. The van der Waals surface area contributed by atoms with Crippen molar-refractivity contribution in [2.45, 2.75) is 26.2 Å². The van der Waals surface area contributed by atoms with Gasteiger partial charge in [0.25, 0.3) is 0 Å².